The third-order valence-electron chi connectivity index (χ3n) is 3.63. The molecule has 5 heteroatoms. The van der Waals surface area contributed by atoms with E-state index in [0.717, 1.165) is 11.3 Å². The molecular weight excluding hydrogens is 280 g/mol. The fourth-order valence-corrected chi connectivity index (χ4v) is 2.63. The summed E-state index contributed by atoms with van der Waals surface area (Å²) in [5, 5.41) is 2.80. The number of ether oxygens (including phenoxy) is 1. The molecule has 1 aliphatic rings. The molecule has 1 atom stereocenters. The van der Waals surface area contributed by atoms with E-state index in [1.54, 1.807) is 4.90 Å². The average molecular weight is 304 g/mol. The van der Waals surface area contributed by atoms with Gasteiger partial charge in [0.25, 0.3) is 0 Å². The lowest BCUT2D eigenvalue weighted by Crippen LogP contribution is -2.40. The fourth-order valence-electron chi connectivity index (χ4n) is 2.63. The van der Waals surface area contributed by atoms with Gasteiger partial charge in [0.15, 0.2) is 0 Å². The second-order valence-corrected chi connectivity index (χ2v) is 5.98. The maximum atomic E-state index is 12.5. The third kappa shape index (κ3) is 4.48. The highest BCUT2D eigenvalue weighted by Gasteiger charge is 2.25. The van der Waals surface area contributed by atoms with Crippen LogP contribution in [0.4, 0.5) is 0 Å². The fraction of sp³-hybridized carbons (Fsp3) is 0.529. The number of hydrogen-bond donors (Lipinski definition) is 1. The molecule has 2 rings (SSSR count). The van der Waals surface area contributed by atoms with Crippen molar-refractivity contribution in [3.05, 3.63) is 29.8 Å². The summed E-state index contributed by atoms with van der Waals surface area (Å²) in [7, 11) is 0. The van der Waals surface area contributed by atoms with E-state index < -0.39 is 0 Å². The summed E-state index contributed by atoms with van der Waals surface area (Å²) in [6, 6.07) is 7.56. The van der Waals surface area contributed by atoms with Gasteiger partial charge in [0.2, 0.25) is 11.8 Å². The Bertz CT molecular complexity index is 542. The van der Waals surface area contributed by atoms with Crippen molar-refractivity contribution in [1.82, 2.24) is 10.2 Å². The Morgan fingerprint density at radius 1 is 1.45 bits per heavy atom. The van der Waals surface area contributed by atoms with E-state index in [1.165, 1.54) is 0 Å². The summed E-state index contributed by atoms with van der Waals surface area (Å²) in [6.45, 7) is 6.95. The first-order chi connectivity index (χ1) is 10.5. The van der Waals surface area contributed by atoms with Crippen LogP contribution in [0.25, 0.3) is 0 Å². The van der Waals surface area contributed by atoms with Gasteiger partial charge in [-0.2, -0.15) is 0 Å². The molecule has 120 valence electrons. The minimum Gasteiger partial charge on any atom is -0.491 e. The molecule has 1 saturated heterocycles. The van der Waals surface area contributed by atoms with Crippen LogP contribution in [-0.2, 0) is 16.0 Å². The molecule has 1 unspecified atom stereocenters. The molecule has 1 fully saturated rings. The molecule has 22 heavy (non-hydrogen) atoms. The smallest absolute Gasteiger partial charge is 0.227 e. The number of carbonyl (C=O) groups excluding carboxylic acids is 2. The van der Waals surface area contributed by atoms with E-state index in [1.807, 2.05) is 45.0 Å². The third-order valence-corrected chi connectivity index (χ3v) is 3.63. The van der Waals surface area contributed by atoms with Gasteiger partial charge in [0, 0.05) is 25.6 Å². The SMILES string of the molecule is CC(C)Oc1cccc(CC(=O)N2CCNC(=O)CC2C)c1. The minimum absolute atomic E-state index is 0.00938. The molecule has 2 amide bonds. The maximum Gasteiger partial charge on any atom is 0.227 e. The van der Waals surface area contributed by atoms with E-state index in [4.69, 9.17) is 4.74 Å². The molecule has 5 nitrogen and oxygen atoms in total. The highest BCUT2D eigenvalue weighted by atomic mass is 16.5. The molecular formula is C17H24N2O3. The number of carbonyl (C=O) groups is 2. The van der Waals surface area contributed by atoms with E-state index in [9.17, 15) is 9.59 Å². The van der Waals surface area contributed by atoms with E-state index >= 15 is 0 Å². The first-order valence-corrected chi connectivity index (χ1v) is 7.77. The Kier molecular flexibility index (Phi) is 5.41. The Morgan fingerprint density at radius 3 is 2.95 bits per heavy atom. The van der Waals surface area contributed by atoms with Gasteiger partial charge in [0.05, 0.1) is 12.5 Å². The van der Waals surface area contributed by atoms with E-state index in [0.29, 0.717) is 25.9 Å². The van der Waals surface area contributed by atoms with Gasteiger partial charge in [-0.3, -0.25) is 9.59 Å². The van der Waals surface area contributed by atoms with Crippen LogP contribution in [0.3, 0.4) is 0 Å². The van der Waals surface area contributed by atoms with Gasteiger partial charge >= 0.3 is 0 Å². The number of amides is 2. The van der Waals surface area contributed by atoms with Gasteiger partial charge in [-0.1, -0.05) is 12.1 Å². The zero-order chi connectivity index (χ0) is 16.1. The van der Waals surface area contributed by atoms with Crippen molar-refractivity contribution in [2.45, 2.75) is 45.8 Å². The second kappa shape index (κ2) is 7.29. The molecule has 0 bridgehead atoms. The Morgan fingerprint density at radius 2 is 2.23 bits per heavy atom. The van der Waals surface area contributed by atoms with Crippen LogP contribution >= 0.6 is 0 Å². The maximum absolute atomic E-state index is 12.5. The van der Waals surface area contributed by atoms with Gasteiger partial charge < -0.3 is 15.0 Å². The van der Waals surface area contributed by atoms with Crippen LogP contribution in [0.5, 0.6) is 5.75 Å². The van der Waals surface area contributed by atoms with Crippen molar-refractivity contribution in [3.8, 4) is 5.75 Å². The van der Waals surface area contributed by atoms with Crippen molar-refractivity contribution in [2.24, 2.45) is 0 Å². The van der Waals surface area contributed by atoms with Crippen molar-refractivity contribution < 1.29 is 14.3 Å². The van der Waals surface area contributed by atoms with Crippen LogP contribution in [0.1, 0.15) is 32.8 Å². The molecule has 1 aliphatic heterocycles. The monoisotopic (exact) mass is 304 g/mol. The van der Waals surface area contributed by atoms with Crippen molar-refractivity contribution in [1.29, 1.82) is 0 Å². The van der Waals surface area contributed by atoms with Crippen LogP contribution in [0, 0.1) is 0 Å². The molecule has 0 spiro atoms. The topological polar surface area (TPSA) is 58.6 Å². The van der Waals surface area contributed by atoms with Gasteiger partial charge in [-0.15, -0.1) is 0 Å². The van der Waals surface area contributed by atoms with Crippen molar-refractivity contribution in [3.63, 3.8) is 0 Å². The highest BCUT2D eigenvalue weighted by Crippen LogP contribution is 2.17. The molecule has 1 heterocycles. The number of nitrogens with zero attached hydrogens (tertiary/aromatic N) is 1. The summed E-state index contributed by atoms with van der Waals surface area (Å²) < 4.78 is 5.66. The predicted molar refractivity (Wildman–Crippen MR) is 84.7 cm³/mol. The van der Waals surface area contributed by atoms with Gasteiger partial charge in [-0.05, 0) is 38.5 Å². The number of hydrogen-bond acceptors (Lipinski definition) is 3. The van der Waals surface area contributed by atoms with E-state index in [-0.39, 0.29) is 24.0 Å². The van der Waals surface area contributed by atoms with Crippen LogP contribution in [0.2, 0.25) is 0 Å². The summed E-state index contributed by atoms with van der Waals surface area (Å²) in [6.07, 6.45) is 0.796. The molecule has 1 aromatic rings. The lowest BCUT2D eigenvalue weighted by Gasteiger charge is -2.26. The second-order valence-electron chi connectivity index (χ2n) is 5.98. The summed E-state index contributed by atoms with van der Waals surface area (Å²) >= 11 is 0. The highest BCUT2D eigenvalue weighted by molar-refractivity contribution is 5.82. The Hall–Kier alpha value is -2.04. The predicted octanol–water partition coefficient (Wildman–Crippen LogP) is 1.75. The first kappa shape index (κ1) is 16.3. The number of rotatable bonds is 4. The molecule has 0 aliphatic carbocycles. The molecule has 0 radical (unpaired) electrons. The van der Waals surface area contributed by atoms with Gasteiger partial charge in [0.1, 0.15) is 5.75 Å². The molecule has 0 aromatic heterocycles. The largest absolute Gasteiger partial charge is 0.491 e. The van der Waals surface area contributed by atoms with Crippen LogP contribution in [-0.4, -0.2) is 41.9 Å². The van der Waals surface area contributed by atoms with Gasteiger partial charge in [-0.25, -0.2) is 0 Å². The molecule has 1 aromatic carbocycles. The number of nitrogens with one attached hydrogen (secondary N) is 1. The molecule has 1 N–H and O–H groups in total. The average Bonchev–Trinajstić information content (AvgIpc) is 2.59. The summed E-state index contributed by atoms with van der Waals surface area (Å²) in [5.41, 5.74) is 0.930. The van der Waals surface area contributed by atoms with Crippen molar-refractivity contribution >= 4 is 11.8 Å². The summed E-state index contributed by atoms with van der Waals surface area (Å²) in [5.74, 6) is 0.835. The zero-order valence-electron chi connectivity index (χ0n) is 13.5. The Balaban J connectivity index is 2.03. The molecule has 0 saturated carbocycles. The first-order valence-electron chi connectivity index (χ1n) is 7.77. The van der Waals surface area contributed by atoms with E-state index in [2.05, 4.69) is 5.32 Å². The quantitative estimate of drug-likeness (QED) is 0.922. The van der Waals surface area contributed by atoms with Crippen molar-refractivity contribution in [2.75, 3.05) is 13.1 Å². The summed E-state index contributed by atoms with van der Waals surface area (Å²) in [4.78, 5) is 25.8. The normalized spacial score (nSPS) is 18.8. The van der Waals surface area contributed by atoms with Crippen LogP contribution in [0.15, 0.2) is 24.3 Å². The lowest BCUT2D eigenvalue weighted by molar-refractivity contribution is -0.132. The Labute approximate surface area is 131 Å². The zero-order valence-corrected chi connectivity index (χ0v) is 13.5. The standard InChI is InChI=1S/C17H24N2O3/c1-12(2)22-15-6-4-5-14(10-15)11-17(21)19-8-7-18-16(20)9-13(19)3/h4-6,10,12-13H,7-9,11H2,1-3H3,(H,18,20). The van der Waals surface area contributed by atoms with Crippen LogP contribution < -0.4 is 10.1 Å². The minimum atomic E-state index is -0.0647. The lowest BCUT2D eigenvalue weighted by atomic mass is 10.1. The number of benzene rings is 1.